The number of benzene rings is 1. The highest BCUT2D eigenvalue weighted by molar-refractivity contribution is 5.93. The Morgan fingerprint density at radius 1 is 1.04 bits per heavy atom. The molecule has 1 aliphatic heterocycles. The summed E-state index contributed by atoms with van der Waals surface area (Å²) >= 11 is 0. The van der Waals surface area contributed by atoms with Crippen molar-refractivity contribution in [1.82, 2.24) is 24.3 Å². The molecule has 0 aliphatic carbocycles. The number of hydrogen-bond acceptors (Lipinski definition) is 4. The van der Waals surface area contributed by atoms with E-state index in [1.54, 1.807) is 12.4 Å². The van der Waals surface area contributed by atoms with Crippen molar-refractivity contribution in [2.24, 2.45) is 7.05 Å². The molecular weight excluding hydrogens is 352 g/mol. The standard InChI is InChI=1S/C21H24N6O/c1-25-13-14-27(15-18(25)20-23-11-12-26(20)2)21(28)24-17-9-6-10-22-19(17)16-7-4-3-5-8-16/h3-12,18H,13-15H2,1-2H3,(H,24,28). The number of imidazole rings is 1. The molecule has 7 heteroatoms. The number of likely N-dealkylation sites (N-methyl/N-ethyl adjacent to an activating group) is 1. The van der Waals surface area contributed by atoms with Crippen molar-refractivity contribution in [2.45, 2.75) is 6.04 Å². The van der Waals surface area contributed by atoms with Crippen molar-refractivity contribution in [3.63, 3.8) is 0 Å². The summed E-state index contributed by atoms with van der Waals surface area (Å²) in [5.74, 6) is 0.964. The van der Waals surface area contributed by atoms with Crippen molar-refractivity contribution in [2.75, 3.05) is 32.0 Å². The molecule has 0 radical (unpaired) electrons. The van der Waals surface area contributed by atoms with Gasteiger partial charge in [-0.25, -0.2) is 9.78 Å². The van der Waals surface area contributed by atoms with Crippen LogP contribution in [-0.4, -0.2) is 57.0 Å². The van der Waals surface area contributed by atoms with Crippen LogP contribution in [0.4, 0.5) is 10.5 Å². The normalized spacial score (nSPS) is 17.5. The average Bonchev–Trinajstić information content (AvgIpc) is 3.15. The second-order valence-electron chi connectivity index (χ2n) is 7.03. The molecule has 1 unspecified atom stereocenters. The minimum Gasteiger partial charge on any atom is -0.337 e. The molecule has 1 aromatic carbocycles. The predicted molar refractivity (Wildman–Crippen MR) is 109 cm³/mol. The van der Waals surface area contributed by atoms with Crippen LogP contribution in [0.2, 0.25) is 0 Å². The monoisotopic (exact) mass is 376 g/mol. The maximum absolute atomic E-state index is 13.0. The third-order valence-corrected chi connectivity index (χ3v) is 5.19. The van der Waals surface area contributed by atoms with Gasteiger partial charge in [0.15, 0.2) is 0 Å². The molecule has 2 amide bonds. The van der Waals surface area contributed by atoms with Gasteiger partial charge in [0, 0.05) is 50.8 Å². The number of nitrogens with zero attached hydrogens (tertiary/aromatic N) is 5. The van der Waals surface area contributed by atoms with E-state index in [1.165, 1.54) is 0 Å². The number of carbonyl (C=O) groups excluding carboxylic acids is 1. The zero-order valence-corrected chi connectivity index (χ0v) is 16.1. The second-order valence-corrected chi connectivity index (χ2v) is 7.03. The summed E-state index contributed by atoms with van der Waals surface area (Å²) < 4.78 is 2.01. The van der Waals surface area contributed by atoms with E-state index < -0.39 is 0 Å². The van der Waals surface area contributed by atoms with Gasteiger partial charge in [-0.15, -0.1) is 0 Å². The number of aryl methyl sites for hydroxylation is 1. The van der Waals surface area contributed by atoms with Crippen molar-refractivity contribution < 1.29 is 4.79 Å². The quantitative estimate of drug-likeness (QED) is 0.763. The molecule has 2 aromatic heterocycles. The third-order valence-electron chi connectivity index (χ3n) is 5.19. The number of aromatic nitrogens is 3. The summed E-state index contributed by atoms with van der Waals surface area (Å²) in [6.45, 7) is 2.06. The SMILES string of the molecule is CN1CCN(C(=O)Nc2cccnc2-c2ccccc2)CC1c1nccn1C. The summed E-state index contributed by atoms with van der Waals surface area (Å²) in [5.41, 5.74) is 2.46. The highest BCUT2D eigenvalue weighted by Gasteiger charge is 2.31. The highest BCUT2D eigenvalue weighted by Crippen LogP contribution is 2.27. The van der Waals surface area contributed by atoms with Gasteiger partial charge in [0.2, 0.25) is 0 Å². The Kier molecular flexibility index (Phi) is 5.08. The largest absolute Gasteiger partial charge is 0.337 e. The molecule has 28 heavy (non-hydrogen) atoms. The number of carbonyl (C=O) groups is 1. The van der Waals surface area contributed by atoms with Crippen molar-refractivity contribution in [3.05, 3.63) is 66.9 Å². The lowest BCUT2D eigenvalue weighted by Gasteiger charge is -2.38. The Balaban J connectivity index is 1.53. The Morgan fingerprint density at radius 3 is 2.61 bits per heavy atom. The second kappa shape index (κ2) is 7.82. The van der Waals surface area contributed by atoms with E-state index in [9.17, 15) is 4.79 Å². The van der Waals surface area contributed by atoms with Crippen LogP contribution in [0.25, 0.3) is 11.3 Å². The van der Waals surface area contributed by atoms with Crippen LogP contribution < -0.4 is 5.32 Å². The first kappa shape index (κ1) is 18.2. The van der Waals surface area contributed by atoms with Crippen LogP contribution in [0, 0.1) is 0 Å². The van der Waals surface area contributed by atoms with Crippen molar-refractivity contribution >= 4 is 11.7 Å². The smallest absolute Gasteiger partial charge is 0.322 e. The molecular formula is C21H24N6O. The molecule has 0 saturated carbocycles. The molecule has 3 heterocycles. The Hall–Kier alpha value is -3.19. The van der Waals surface area contributed by atoms with Crippen LogP contribution >= 0.6 is 0 Å². The lowest BCUT2D eigenvalue weighted by Crippen LogP contribution is -2.50. The summed E-state index contributed by atoms with van der Waals surface area (Å²) in [4.78, 5) is 26.0. The molecule has 3 aromatic rings. The first-order valence-electron chi connectivity index (χ1n) is 9.37. The molecule has 1 N–H and O–H groups in total. The predicted octanol–water partition coefficient (Wildman–Crippen LogP) is 3.00. The number of hydrogen-bond donors (Lipinski definition) is 1. The van der Waals surface area contributed by atoms with Crippen LogP contribution in [0.15, 0.2) is 61.1 Å². The van der Waals surface area contributed by atoms with E-state index >= 15 is 0 Å². The highest BCUT2D eigenvalue weighted by atomic mass is 16.2. The molecule has 4 rings (SSSR count). The van der Waals surface area contributed by atoms with Crippen molar-refractivity contribution in [3.8, 4) is 11.3 Å². The Labute approximate surface area is 164 Å². The maximum Gasteiger partial charge on any atom is 0.322 e. The van der Waals surface area contributed by atoms with Gasteiger partial charge in [-0.05, 0) is 19.2 Å². The third kappa shape index (κ3) is 3.61. The maximum atomic E-state index is 13.0. The minimum absolute atomic E-state index is 0.0713. The van der Waals surface area contributed by atoms with Gasteiger partial charge < -0.3 is 14.8 Å². The molecule has 1 fully saturated rings. The van der Waals surface area contributed by atoms with Crippen molar-refractivity contribution in [1.29, 1.82) is 0 Å². The number of urea groups is 1. The topological polar surface area (TPSA) is 66.3 Å². The van der Waals surface area contributed by atoms with E-state index in [4.69, 9.17) is 0 Å². The van der Waals surface area contributed by atoms with Gasteiger partial charge in [-0.2, -0.15) is 0 Å². The summed E-state index contributed by atoms with van der Waals surface area (Å²) in [6.07, 6.45) is 5.47. The number of anilines is 1. The molecule has 0 spiro atoms. The van der Waals surface area contributed by atoms with E-state index in [0.717, 1.165) is 23.6 Å². The fraction of sp³-hybridized carbons (Fsp3) is 0.286. The van der Waals surface area contributed by atoms with Crippen LogP contribution in [-0.2, 0) is 7.05 Å². The fourth-order valence-electron chi connectivity index (χ4n) is 3.56. The first-order chi connectivity index (χ1) is 13.6. The van der Waals surface area contributed by atoms with Gasteiger partial charge >= 0.3 is 6.03 Å². The van der Waals surface area contributed by atoms with E-state index in [1.807, 2.05) is 65.2 Å². The summed E-state index contributed by atoms with van der Waals surface area (Å²) in [7, 11) is 4.06. The first-order valence-corrected chi connectivity index (χ1v) is 9.37. The molecule has 1 aliphatic rings. The Morgan fingerprint density at radius 2 is 1.86 bits per heavy atom. The molecule has 144 valence electrons. The van der Waals surface area contributed by atoms with Crippen LogP contribution in [0.5, 0.6) is 0 Å². The number of piperazine rings is 1. The fourth-order valence-corrected chi connectivity index (χ4v) is 3.56. The lowest BCUT2D eigenvalue weighted by molar-refractivity contribution is 0.110. The minimum atomic E-state index is -0.113. The zero-order chi connectivity index (χ0) is 19.5. The number of amides is 2. The van der Waals surface area contributed by atoms with Crippen LogP contribution in [0.1, 0.15) is 11.9 Å². The number of rotatable bonds is 3. The number of pyridine rings is 1. The summed E-state index contributed by atoms with van der Waals surface area (Å²) in [5, 5.41) is 3.05. The molecule has 1 saturated heterocycles. The van der Waals surface area contributed by atoms with Gasteiger partial charge in [-0.3, -0.25) is 9.88 Å². The molecule has 7 nitrogen and oxygen atoms in total. The van der Waals surface area contributed by atoms with E-state index in [2.05, 4.69) is 27.2 Å². The Bertz CT molecular complexity index is 954. The van der Waals surface area contributed by atoms with Gasteiger partial charge in [0.25, 0.3) is 0 Å². The van der Waals surface area contributed by atoms with E-state index in [0.29, 0.717) is 18.8 Å². The average molecular weight is 376 g/mol. The molecule has 0 bridgehead atoms. The van der Waals surface area contributed by atoms with Gasteiger partial charge in [0.05, 0.1) is 17.4 Å². The summed E-state index contributed by atoms with van der Waals surface area (Å²) in [6, 6.07) is 13.6. The van der Waals surface area contributed by atoms with Gasteiger partial charge in [-0.1, -0.05) is 30.3 Å². The van der Waals surface area contributed by atoms with Crippen LogP contribution in [0.3, 0.4) is 0 Å². The lowest BCUT2D eigenvalue weighted by atomic mass is 10.1. The zero-order valence-electron chi connectivity index (χ0n) is 16.1. The number of nitrogens with one attached hydrogen (secondary N) is 1. The van der Waals surface area contributed by atoms with Gasteiger partial charge in [0.1, 0.15) is 5.82 Å². The molecule has 1 atom stereocenters. The van der Waals surface area contributed by atoms with E-state index in [-0.39, 0.29) is 12.1 Å².